The van der Waals surface area contributed by atoms with Crippen LogP contribution in [0.25, 0.3) is 10.9 Å². The van der Waals surface area contributed by atoms with Gasteiger partial charge in [-0.25, -0.2) is 0 Å². The largest absolute Gasteiger partial charge is 0.356 e. The number of rotatable bonds is 6. The molecular formula is C17H21N3O. The molecule has 3 rings (SSSR count). The number of fused-ring (bicyclic) bond motifs is 1. The molecule has 1 amide bonds. The van der Waals surface area contributed by atoms with Gasteiger partial charge in [-0.3, -0.25) is 9.78 Å². The van der Waals surface area contributed by atoms with Crippen molar-refractivity contribution in [1.82, 2.24) is 10.3 Å². The molecule has 1 heterocycles. The quantitative estimate of drug-likeness (QED) is 0.852. The van der Waals surface area contributed by atoms with Gasteiger partial charge in [-0.1, -0.05) is 24.3 Å². The number of nitrogens with one attached hydrogen (secondary N) is 1. The Morgan fingerprint density at radius 2 is 2.14 bits per heavy atom. The van der Waals surface area contributed by atoms with Gasteiger partial charge in [-0.2, -0.15) is 0 Å². The number of carbonyl (C=O) groups excluding carboxylic acids is 1. The number of amides is 1. The molecular weight excluding hydrogens is 262 g/mol. The van der Waals surface area contributed by atoms with Crippen molar-refractivity contribution in [3.63, 3.8) is 0 Å². The van der Waals surface area contributed by atoms with E-state index in [0.717, 1.165) is 17.3 Å². The van der Waals surface area contributed by atoms with Crippen molar-refractivity contribution in [2.24, 2.45) is 11.7 Å². The summed E-state index contributed by atoms with van der Waals surface area (Å²) < 4.78 is 0. The van der Waals surface area contributed by atoms with Crippen molar-refractivity contribution in [1.29, 1.82) is 0 Å². The molecule has 1 atom stereocenters. The highest BCUT2D eigenvalue weighted by Crippen LogP contribution is 2.32. The topological polar surface area (TPSA) is 68.0 Å². The first-order valence-corrected chi connectivity index (χ1v) is 7.59. The number of nitrogens with zero attached hydrogens (tertiary/aromatic N) is 1. The fourth-order valence-corrected chi connectivity index (χ4v) is 2.68. The summed E-state index contributed by atoms with van der Waals surface area (Å²) in [5.41, 5.74) is 8.15. The third-order valence-corrected chi connectivity index (χ3v) is 4.08. The summed E-state index contributed by atoms with van der Waals surface area (Å²) in [6, 6.07) is 10.2. The molecule has 1 unspecified atom stereocenters. The van der Waals surface area contributed by atoms with Crippen LogP contribution < -0.4 is 11.1 Å². The first-order chi connectivity index (χ1) is 10.2. The van der Waals surface area contributed by atoms with Crippen molar-refractivity contribution in [3.8, 4) is 0 Å². The molecule has 1 aromatic carbocycles. The standard InChI is InChI=1S/C17H21N3O/c18-15(12-6-7-12)11-16(21)19-10-8-14-4-1-3-13-5-2-9-20-17(13)14/h1-5,9,12,15H,6-8,10-11,18H2,(H,19,21). The predicted octanol–water partition coefficient (Wildman–Crippen LogP) is 2.02. The van der Waals surface area contributed by atoms with E-state index >= 15 is 0 Å². The summed E-state index contributed by atoms with van der Waals surface area (Å²) in [6.07, 6.45) is 5.39. The molecule has 1 aliphatic rings. The number of para-hydroxylation sites is 1. The van der Waals surface area contributed by atoms with Crippen LogP contribution in [0.15, 0.2) is 36.5 Å². The first kappa shape index (κ1) is 14.0. The zero-order valence-electron chi connectivity index (χ0n) is 12.1. The smallest absolute Gasteiger partial charge is 0.221 e. The molecule has 110 valence electrons. The van der Waals surface area contributed by atoms with Crippen LogP contribution in [0.2, 0.25) is 0 Å². The molecule has 0 bridgehead atoms. The number of hydrogen-bond acceptors (Lipinski definition) is 3. The fourth-order valence-electron chi connectivity index (χ4n) is 2.68. The van der Waals surface area contributed by atoms with Gasteiger partial charge in [0.1, 0.15) is 0 Å². The molecule has 4 nitrogen and oxygen atoms in total. The van der Waals surface area contributed by atoms with Gasteiger partial charge in [0.2, 0.25) is 5.91 Å². The minimum Gasteiger partial charge on any atom is -0.356 e. The van der Waals surface area contributed by atoms with E-state index < -0.39 is 0 Å². The van der Waals surface area contributed by atoms with E-state index in [0.29, 0.717) is 18.9 Å². The van der Waals surface area contributed by atoms with E-state index in [-0.39, 0.29) is 11.9 Å². The first-order valence-electron chi connectivity index (χ1n) is 7.59. The highest BCUT2D eigenvalue weighted by atomic mass is 16.1. The van der Waals surface area contributed by atoms with Crippen LogP contribution in [0.4, 0.5) is 0 Å². The molecule has 2 aromatic rings. The van der Waals surface area contributed by atoms with Gasteiger partial charge in [-0.15, -0.1) is 0 Å². The Hall–Kier alpha value is -1.94. The Labute approximate surface area is 124 Å². The minimum absolute atomic E-state index is 0.0317. The number of benzene rings is 1. The summed E-state index contributed by atoms with van der Waals surface area (Å²) in [5.74, 6) is 0.626. The van der Waals surface area contributed by atoms with Crippen LogP contribution in [-0.2, 0) is 11.2 Å². The van der Waals surface area contributed by atoms with Gasteiger partial charge in [0, 0.05) is 30.6 Å². The van der Waals surface area contributed by atoms with Crippen LogP contribution in [0, 0.1) is 5.92 Å². The number of pyridine rings is 1. The Bertz CT molecular complexity index is 631. The molecule has 1 fully saturated rings. The zero-order chi connectivity index (χ0) is 14.7. The van der Waals surface area contributed by atoms with Gasteiger partial charge in [0.05, 0.1) is 5.52 Å². The maximum atomic E-state index is 11.8. The summed E-state index contributed by atoms with van der Waals surface area (Å²) in [5, 5.41) is 4.10. The SMILES string of the molecule is NC(CC(=O)NCCc1cccc2cccnc12)C1CC1. The second-order valence-corrected chi connectivity index (χ2v) is 5.80. The third kappa shape index (κ3) is 3.58. The monoisotopic (exact) mass is 283 g/mol. The van der Waals surface area contributed by atoms with Gasteiger partial charge >= 0.3 is 0 Å². The van der Waals surface area contributed by atoms with Gasteiger partial charge in [-0.05, 0) is 36.8 Å². The lowest BCUT2D eigenvalue weighted by Crippen LogP contribution is -2.33. The van der Waals surface area contributed by atoms with Crippen LogP contribution in [0.5, 0.6) is 0 Å². The summed E-state index contributed by atoms with van der Waals surface area (Å²) in [7, 11) is 0. The molecule has 0 saturated heterocycles. The molecule has 3 N–H and O–H groups in total. The van der Waals surface area contributed by atoms with E-state index in [2.05, 4.69) is 28.5 Å². The van der Waals surface area contributed by atoms with Gasteiger partial charge in [0.25, 0.3) is 0 Å². The van der Waals surface area contributed by atoms with Gasteiger partial charge in [0.15, 0.2) is 0 Å². The Morgan fingerprint density at radius 3 is 2.95 bits per heavy atom. The van der Waals surface area contributed by atoms with Crippen molar-refractivity contribution in [2.45, 2.75) is 31.7 Å². The number of carbonyl (C=O) groups is 1. The maximum Gasteiger partial charge on any atom is 0.221 e. The Kier molecular flexibility index (Phi) is 4.15. The normalized spacial score (nSPS) is 15.9. The maximum absolute atomic E-state index is 11.8. The molecule has 1 saturated carbocycles. The number of nitrogens with two attached hydrogens (primary N) is 1. The number of aromatic nitrogens is 1. The van der Waals surface area contributed by atoms with Crippen LogP contribution in [0.1, 0.15) is 24.8 Å². The lowest BCUT2D eigenvalue weighted by Gasteiger charge is -2.11. The van der Waals surface area contributed by atoms with E-state index in [1.807, 2.05) is 12.1 Å². The van der Waals surface area contributed by atoms with E-state index in [1.165, 1.54) is 18.4 Å². The Balaban J connectivity index is 1.53. The van der Waals surface area contributed by atoms with Crippen molar-refractivity contribution < 1.29 is 4.79 Å². The van der Waals surface area contributed by atoms with E-state index in [4.69, 9.17) is 5.73 Å². The molecule has 4 heteroatoms. The lowest BCUT2D eigenvalue weighted by atomic mass is 10.1. The average molecular weight is 283 g/mol. The van der Waals surface area contributed by atoms with Crippen molar-refractivity contribution in [2.75, 3.05) is 6.54 Å². The molecule has 1 aromatic heterocycles. The average Bonchev–Trinajstić information content (AvgIpc) is 3.32. The van der Waals surface area contributed by atoms with Gasteiger partial charge < -0.3 is 11.1 Å². The summed E-state index contributed by atoms with van der Waals surface area (Å²) in [4.78, 5) is 16.3. The third-order valence-electron chi connectivity index (χ3n) is 4.08. The second kappa shape index (κ2) is 6.22. The predicted molar refractivity (Wildman–Crippen MR) is 83.8 cm³/mol. The fraction of sp³-hybridized carbons (Fsp3) is 0.412. The molecule has 1 aliphatic carbocycles. The molecule has 0 radical (unpaired) electrons. The Morgan fingerprint density at radius 1 is 1.33 bits per heavy atom. The lowest BCUT2D eigenvalue weighted by molar-refractivity contribution is -0.121. The molecule has 0 spiro atoms. The molecule has 0 aliphatic heterocycles. The number of hydrogen-bond donors (Lipinski definition) is 2. The van der Waals surface area contributed by atoms with Crippen LogP contribution >= 0.6 is 0 Å². The molecule has 21 heavy (non-hydrogen) atoms. The highest BCUT2D eigenvalue weighted by Gasteiger charge is 2.29. The van der Waals surface area contributed by atoms with Crippen molar-refractivity contribution in [3.05, 3.63) is 42.1 Å². The highest BCUT2D eigenvalue weighted by molar-refractivity contribution is 5.81. The van der Waals surface area contributed by atoms with Crippen molar-refractivity contribution >= 4 is 16.8 Å². The second-order valence-electron chi connectivity index (χ2n) is 5.80. The minimum atomic E-state index is 0.0317. The zero-order valence-corrected chi connectivity index (χ0v) is 12.1. The van der Waals surface area contributed by atoms with Crippen LogP contribution in [-0.4, -0.2) is 23.5 Å². The summed E-state index contributed by atoms with van der Waals surface area (Å²) in [6.45, 7) is 0.631. The van der Waals surface area contributed by atoms with E-state index in [1.54, 1.807) is 6.20 Å². The summed E-state index contributed by atoms with van der Waals surface area (Å²) >= 11 is 0. The van der Waals surface area contributed by atoms with Crippen LogP contribution in [0.3, 0.4) is 0 Å². The van der Waals surface area contributed by atoms with E-state index in [9.17, 15) is 4.79 Å².